The van der Waals surface area contributed by atoms with E-state index in [1.807, 2.05) is 32.9 Å². The molecule has 0 atom stereocenters. The van der Waals surface area contributed by atoms with Crippen molar-refractivity contribution in [3.05, 3.63) is 29.2 Å². The van der Waals surface area contributed by atoms with Gasteiger partial charge in [-0.05, 0) is 52.5 Å². The molecule has 0 amide bonds. The smallest absolute Gasteiger partial charge is 0.252 e. The summed E-state index contributed by atoms with van der Waals surface area (Å²) in [6, 6.07) is 4.22. The Bertz CT molecular complexity index is 659. The minimum atomic E-state index is -0.643. The predicted molar refractivity (Wildman–Crippen MR) is 84.1 cm³/mol. The molecule has 2 heterocycles. The van der Waals surface area contributed by atoms with Gasteiger partial charge in [-0.25, -0.2) is 14.1 Å². The first-order chi connectivity index (χ1) is 10.5. The number of nitrogens with one attached hydrogen (secondary N) is 1. The Hall–Kier alpha value is -1.98. The third kappa shape index (κ3) is 3.26. The molecule has 0 bridgehead atoms. The molecule has 3 rings (SSSR count). The molecule has 22 heavy (non-hydrogen) atoms. The van der Waals surface area contributed by atoms with Crippen LogP contribution in [-0.4, -0.2) is 32.0 Å². The number of aryl methyl sites for hydroxylation is 3. The lowest BCUT2D eigenvalue weighted by Gasteiger charge is -2.25. The van der Waals surface area contributed by atoms with Crippen molar-refractivity contribution in [2.75, 3.05) is 5.32 Å². The summed E-state index contributed by atoms with van der Waals surface area (Å²) in [7, 11) is 0. The van der Waals surface area contributed by atoms with Gasteiger partial charge in [-0.2, -0.15) is 10.1 Å². The molecule has 0 spiro atoms. The highest BCUT2D eigenvalue weighted by Crippen LogP contribution is 2.24. The van der Waals surface area contributed by atoms with E-state index >= 15 is 0 Å². The van der Waals surface area contributed by atoms with Crippen molar-refractivity contribution in [1.82, 2.24) is 19.7 Å². The van der Waals surface area contributed by atoms with Crippen LogP contribution in [0.25, 0.3) is 5.95 Å². The van der Waals surface area contributed by atoms with Gasteiger partial charge in [-0.1, -0.05) is 0 Å². The zero-order valence-corrected chi connectivity index (χ0v) is 13.3. The van der Waals surface area contributed by atoms with E-state index in [2.05, 4.69) is 20.4 Å². The maximum Gasteiger partial charge on any atom is 0.252 e. The van der Waals surface area contributed by atoms with Crippen molar-refractivity contribution in [1.29, 1.82) is 0 Å². The molecule has 0 aromatic carbocycles. The van der Waals surface area contributed by atoms with E-state index in [-0.39, 0.29) is 6.04 Å². The Labute approximate surface area is 130 Å². The van der Waals surface area contributed by atoms with Gasteiger partial charge in [-0.15, -0.1) is 0 Å². The van der Waals surface area contributed by atoms with Crippen molar-refractivity contribution < 1.29 is 4.39 Å². The molecule has 1 fully saturated rings. The highest BCUT2D eigenvalue weighted by molar-refractivity contribution is 5.40. The number of hydrogen-bond acceptors (Lipinski definition) is 4. The van der Waals surface area contributed by atoms with Gasteiger partial charge in [-0.3, -0.25) is 0 Å². The van der Waals surface area contributed by atoms with E-state index in [0.717, 1.165) is 35.7 Å². The normalized spacial score (nSPS) is 21.8. The number of rotatable bonds is 3. The zero-order chi connectivity index (χ0) is 15.7. The lowest BCUT2D eigenvalue weighted by atomic mass is 9.94. The first-order valence-corrected chi connectivity index (χ1v) is 7.81. The minimum absolute atomic E-state index is 0.287. The van der Waals surface area contributed by atoms with Crippen molar-refractivity contribution in [2.24, 2.45) is 0 Å². The molecule has 5 nitrogen and oxygen atoms in total. The average molecular weight is 303 g/mol. The van der Waals surface area contributed by atoms with Crippen LogP contribution in [0, 0.1) is 20.8 Å². The Morgan fingerprint density at radius 2 is 1.77 bits per heavy atom. The molecule has 0 saturated heterocycles. The Morgan fingerprint density at radius 1 is 1.05 bits per heavy atom. The maximum atomic E-state index is 13.2. The fourth-order valence-corrected chi connectivity index (χ4v) is 2.96. The molecule has 2 aromatic rings. The molecule has 0 aliphatic heterocycles. The quantitative estimate of drug-likeness (QED) is 0.945. The maximum absolute atomic E-state index is 13.2. The summed E-state index contributed by atoms with van der Waals surface area (Å²) in [4.78, 5) is 9.05. The number of nitrogens with zero attached hydrogens (tertiary/aromatic N) is 4. The van der Waals surface area contributed by atoms with Gasteiger partial charge < -0.3 is 5.32 Å². The first kappa shape index (κ1) is 14.9. The van der Waals surface area contributed by atoms with Crippen LogP contribution in [0.3, 0.4) is 0 Å². The minimum Gasteiger partial charge on any atom is -0.367 e. The van der Waals surface area contributed by atoms with E-state index < -0.39 is 6.17 Å². The summed E-state index contributed by atoms with van der Waals surface area (Å²) >= 11 is 0. The molecule has 6 heteroatoms. The van der Waals surface area contributed by atoms with Crippen LogP contribution in [0.15, 0.2) is 12.1 Å². The summed E-state index contributed by atoms with van der Waals surface area (Å²) in [6.45, 7) is 5.88. The van der Waals surface area contributed by atoms with Crippen LogP contribution >= 0.6 is 0 Å². The summed E-state index contributed by atoms with van der Waals surface area (Å²) in [5, 5.41) is 7.85. The zero-order valence-electron chi connectivity index (χ0n) is 13.3. The van der Waals surface area contributed by atoms with E-state index in [1.54, 1.807) is 4.68 Å². The van der Waals surface area contributed by atoms with Crippen molar-refractivity contribution in [3.8, 4) is 5.95 Å². The number of alkyl halides is 1. The predicted octanol–water partition coefficient (Wildman–Crippen LogP) is 3.28. The topological polar surface area (TPSA) is 55.6 Å². The molecular formula is C16H22FN5. The van der Waals surface area contributed by atoms with Gasteiger partial charge in [0, 0.05) is 23.5 Å². The van der Waals surface area contributed by atoms with Crippen molar-refractivity contribution >= 4 is 5.82 Å². The lowest BCUT2D eigenvalue weighted by Crippen LogP contribution is -2.27. The van der Waals surface area contributed by atoms with Crippen LogP contribution in [0.4, 0.5) is 10.2 Å². The van der Waals surface area contributed by atoms with Crippen LogP contribution < -0.4 is 5.32 Å². The summed E-state index contributed by atoms with van der Waals surface area (Å²) in [5.41, 5.74) is 2.84. The standard InChI is InChI=1S/C16H22FN5/c1-10-9-15(19-14-6-4-13(17)5-7-14)20-16(18-10)22-12(3)8-11(2)21-22/h8-9,13-14H,4-7H2,1-3H3,(H,18,19,20). The third-order valence-corrected chi connectivity index (χ3v) is 4.05. The average Bonchev–Trinajstić information content (AvgIpc) is 2.80. The number of halogens is 1. The summed E-state index contributed by atoms with van der Waals surface area (Å²) in [6.07, 6.45) is 2.31. The highest BCUT2D eigenvalue weighted by Gasteiger charge is 2.21. The Balaban J connectivity index is 1.82. The van der Waals surface area contributed by atoms with Gasteiger partial charge in [0.25, 0.3) is 5.95 Å². The number of hydrogen-bond donors (Lipinski definition) is 1. The molecule has 118 valence electrons. The van der Waals surface area contributed by atoms with E-state index in [1.165, 1.54) is 0 Å². The molecule has 1 saturated carbocycles. The summed E-state index contributed by atoms with van der Waals surface area (Å²) in [5.74, 6) is 1.37. The van der Waals surface area contributed by atoms with E-state index in [4.69, 9.17) is 0 Å². The van der Waals surface area contributed by atoms with Gasteiger partial charge in [0.1, 0.15) is 12.0 Å². The largest absolute Gasteiger partial charge is 0.367 e. The fourth-order valence-electron chi connectivity index (χ4n) is 2.96. The van der Waals surface area contributed by atoms with Crippen molar-refractivity contribution in [3.63, 3.8) is 0 Å². The molecule has 1 aliphatic rings. The number of anilines is 1. The van der Waals surface area contributed by atoms with Gasteiger partial charge in [0.2, 0.25) is 0 Å². The monoisotopic (exact) mass is 303 g/mol. The lowest BCUT2D eigenvalue weighted by molar-refractivity contribution is 0.241. The number of aromatic nitrogens is 4. The molecule has 2 aromatic heterocycles. The van der Waals surface area contributed by atoms with Crippen LogP contribution in [0.1, 0.15) is 42.8 Å². The Morgan fingerprint density at radius 3 is 2.41 bits per heavy atom. The molecule has 1 aliphatic carbocycles. The highest BCUT2D eigenvalue weighted by atomic mass is 19.1. The molecule has 0 radical (unpaired) electrons. The first-order valence-electron chi connectivity index (χ1n) is 7.81. The third-order valence-electron chi connectivity index (χ3n) is 4.05. The summed E-state index contributed by atoms with van der Waals surface area (Å²) < 4.78 is 15.0. The van der Waals surface area contributed by atoms with Gasteiger partial charge >= 0.3 is 0 Å². The van der Waals surface area contributed by atoms with Crippen LogP contribution in [0.2, 0.25) is 0 Å². The molecule has 0 unspecified atom stereocenters. The second-order valence-electron chi connectivity index (χ2n) is 6.13. The second kappa shape index (κ2) is 6.02. The fraction of sp³-hybridized carbons (Fsp3) is 0.562. The van der Waals surface area contributed by atoms with Gasteiger partial charge in [0.15, 0.2) is 0 Å². The van der Waals surface area contributed by atoms with E-state index in [0.29, 0.717) is 18.8 Å². The van der Waals surface area contributed by atoms with Crippen LogP contribution in [0.5, 0.6) is 0 Å². The Kier molecular flexibility index (Phi) is 4.09. The van der Waals surface area contributed by atoms with Gasteiger partial charge in [0.05, 0.1) is 5.69 Å². The van der Waals surface area contributed by atoms with Crippen molar-refractivity contribution in [2.45, 2.75) is 58.7 Å². The van der Waals surface area contributed by atoms with Crippen LogP contribution in [-0.2, 0) is 0 Å². The second-order valence-corrected chi connectivity index (χ2v) is 6.13. The SMILES string of the molecule is Cc1cc(NC2CCC(F)CC2)nc(-n2nc(C)cc2C)n1. The van der Waals surface area contributed by atoms with E-state index in [9.17, 15) is 4.39 Å². The molecule has 1 N–H and O–H groups in total. The molecular weight excluding hydrogens is 281 g/mol.